The Morgan fingerprint density at radius 2 is 1.64 bits per heavy atom. The van der Waals surface area contributed by atoms with Crippen molar-refractivity contribution < 1.29 is 9.32 Å². The average Bonchev–Trinajstić information content (AvgIpc) is 3.11. The van der Waals surface area contributed by atoms with Gasteiger partial charge < -0.3 is 9.84 Å². The molecular weight excluding hydrogens is 314 g/mol. The maximum Gasteiger partial charge on any atom is 0.324 e. The highest BCUT2D eigenvalue weighted by molar-refractivity contribution is 6.00. The van der Waals surface area contributed by atoms with E-state index < -0.39 is 0 Å². The van der Waals surface area contributed by atoms with Gasteiger partial charge in [-0.1, -0.05) is 67.5 Å². The fourth-order valence-electron chi connectivity index (χ4n) is 2.74. The largest absolute Gasteiger partial charge is 0.354 e. The molecule has 0 atom stereocenters. The molecule has 0 fully saturated rings. The number of carbonyl (C=O) groups is 1. The van der Waals surface area contributed by atoms with Crippen molar-refractivity contribution in [1.82, 2.24) is 5.16 Å². The van der Waals surface area contributed by atoms with Gasteiger partial charge in [-0.25, -0.2) is 4.79 Å². The highest BCUT2D eigenvalue weighted by atomic mass is 16.5. The van der Waals surface area contributed by atoms with Gasteiger partial charge in [0.05, 0.1) is 0 Å². The maximum atomic E-state index is 12.4. The Morgan fingerprint density at radius 1 is 0.960 bits per heavy atom. The minimum absolute atomic E-state index is 0.330. The van der Waals surface area contributed by atoms with Crippen molar-refractivity contribution in [2.24, 2.45) is 0 Å². The summed E-state index contributed by atoms with van der Waals surface area (Å²) in [4.78, 5) is 12.4. The number of aromatic nitrogens is 1. The molecule has 0 spiro atoms. The molecular formula is C20H21N3O2. The Morgan fingerprint density at radius 3 is 2.28 bits per heavy atom. The second-order valence-corrected chi connectivity index (χ2v) is 5.68. The van der Waals surface area contributed by atoms with Crippen LogP contribution in [0.5, 0.6) is 0 Å². The molecule has 0 saturated carbocycles. The number of nitrogens with one attached hydrogen (secondary N) is 2. The molecule has 0 aliphatic heterocycles. The predicted octanol–water partition coefficient (Wildman–Crippen LogP) is 5.11. The Kier molecular flexibility index (Phi) is 5.14. The van der Waals surface area contributed by atoms with Gasteiger partial charge >= 0.3 is 6.03 Å². The minimum atomic E-state index is -0.330. The van der Waals surface area contributed by atoms with Gasteiger partial charge in [-0.3, -0.25) is 5.32 Å². The van der Waals surface area contributed by atoms with Crippen LogP contribution in [0.25, 0.3) is 11.3 Å². The first-order chi connectivity index (χ1) is 12.2. The van der Waals surface area contributed by atoms with Crippen molar-refractivity contribution in [3.05, 3.63) is 65.7 Å². The lowest BCUT2D eigenvalue weighted by molar-refractivity contribution is 0.262. The molecule has 0 aliphatic rings. The Bertz CT molecular complexity index is 834. The summed E-state index contributed by atoms with van der Waals surface area (Å²) in [5.41, 5.74) is 4.00. The summed E-state index contributed by atoms with van der Waals surface area (Å²) in [5, 5.41) is 9.59. The van der Waals surface area contributed by atoms with E-state index in [2.05, 4.69) is 29.6 Å². The molecule has 0 aliphatic carbocycles. The maximum absolute atomic E-state index is 12.4. The monoisotopic (exact) mass is 335 g/mol. The molecule has 1 aromatic heterocycles. The summed E-state index contributed by atoms with van der Waals surface area (Å²) in [7, 11) is 0. The molecule has 3 aromatic rings. The topological polar surface area (TPSA) is 67.2 Å². The third-order valence-electron chi connectivity index (χ3n) is 4.05. The van der Waals surface area contributed by atoms with Gasteiger partial charge in [-0.2, -0.15) is 0 Å². The Balaban J connectivity index is 1.73. The second-order valence-electron chi connectivity index (χ2n) is 5.68. The van der Waals surface area contributed by atoms with E-state index in [9.17, 15) is 4.79 Å². The summed E-state index contributed by atoms with van der Waals surface area (Å²) in [5.74, 6) is 0.988. The molecule has 1 heterocycles. The SMILES string of the molecule is CCc1cccc(CC)c1NC(=O)Nc1cc(-c2ccccc2)on1. The van der Waals surface area contributed by atoms with Crippen LogP contribution in [0.1, 0.15) is 25.0 Å². The van der Waals surface area contributed by atoms with Crippen molar-refractivity contribution in [3.8, 4) is 11.3 Å². The molecule has 2 aromatic carbocycles. The van der Waals surface area contributed by atoms with E-state index in [0.717, 1.165) is 35.2 Å². The van der Waals surface area contributed by atoms with E-state index in [1.807, 2.05) is 48.5 Å². The first-order valence-corrected chi connectivity index (χ1v) is 8.42. The normalized spacial score (nSPS) is 10.5. The van der Waals surface area contributed by atoms with Crippen molar-refractivity contribution in [3.63, 3.8) is 0 Å². The van der Waals surface area contributed by atoms with Crippen LogP contribution in [0, 0.1) is 0 Å². The standard InChI is InChI=1S/C20H21N3O2/c1-3-14-11-8-12-15(4-2)19(14)22-20(24)21-18-13-17(25-23-18)16-9-6-5-7-10-16/h5-13H,3-4H2,1-2H3,(H2,21,22,23,24). The third-order valence-corrected chi connectivity index (χ3v) is 4.05. The molecule has 2 amide bonds. The molecule has 5 nitrogen and oxygen atoms in total. The van der Waals surface area contributed by atoms with Crippen LogP contribution < -0.4 is 10.6 Å². The summed E-state index contributed by atoms with van der Waals surface area (Å²) >= 11 is 0. The highest BCUT2D eigenvalue weighted by Gasteiger charge is 2.12. The van der Waals surface area contributed by atoms with E-state index in [-0.39, 0.29) is 6.03 Å². The Labute approximate surface area is 147 Å². The van der Waals surface area contributed by atoms with Gasteiger partial charge in [0.2, 0.25) is 0 Å². The summed E-state index contributed by atoms with van der Waals surface area (Å²) in [6, 6.07) is 17.1. The summed E-state index contributed by atoms with van der Waals surface area (Å²) < 4.78 is 5.30. The van der Waals surface area contributed by atoms with Gasteiger partial charge in [-0.15, -0.1) is 0 Å². The van der Waals surface area contributed by atoms with E-state index in [0.29, 0.717) is 11.6 Å². The van der Waals surface area contributed by atoms with E-state index in [1.54, 1.807) is 6.07 Å². The number of para-hydroxylation sites is 1. The summed E-state index contributed by atoms with van der Waals surface area (Å²) in [6.45, 7) is 4.14. The number of anilines is 2. The lowest BCUT2D eigenvalue weighted by Crippen LogP contribution is -2.21. The van der Waals surface area contributed by atoms with Gasteiger partial charge in [0.15, 0.2) is 11.6 Å². The van der Waals surface area contributed by atoms with Gasteiger partial charge in [-0.05, 0) is 24.0 Å². The number of carbonyl (C=O) groups excluding carboxylic acids is 1. The van der Waals surface area contributed by atoms with E-state index in [4.69, 9.17) is 4.52 Å². The van der Waals surface area contributed by atoms with Crippen molar-refractivity contribution in [2.75, 3.05) is 10.6 Å². The van der Waals surface area contributed by atoms with E-state index in [1.165, 1.54) is 0 Å². The van der Waals surface area contributed by atoms with Gasteiger partial charge in [0.1, 0.15) is 0 Å². The lowest BCUT2D eigenvalue weighted by atomic mass is 10.0. The molecule has 25 heavy (non-hydrogen) atoms. The molecule has 2 N–H and O–H groups in total. The van der Waals surface area contributed by atoms with Crippen molar-refractivity contribution >= 4 is 17.5 Å². The molecule has 0 bridgehead atoms. The molecule has 128 valence electrons. The quantitative estimate of drug-likeness (QED) is 0.681. The van der Waals surface area contributed by atoms with Crippen LogP contribution in [-0.2, 0) is 12.8 Å². The van der Waals surface area contributed by atoms with E-state index >= 15 is 0 Å². The molecule has 0 radical (unpaired) electrons. The van der Waals surface area contributed by atoms with Crippen LogP contribution >= 0.6 is 0 Å². The van der Waals surface area contributed by atoms with Crippen LogP contribution in [0.4, 0.5) is 16.3 Å². The van der Waals surface area contributed by atoms with Gasteiger partial charge in [0.25, 0.3) is 0 Å². The second kappa shape index (κ2) is 7.66. The highest BCUT2D eigenvalue weighted by Crippen LogP contribution is 2.24. The zero-order valence-corrected chi connectivity index (χ0v) is 14.4. The van der Waals surface area contributed by atoms with Crippen LogP contribution in [-0.4, -0.2) is 11.2 Å². The number of benzene rings is 2. The third kappa shape index (κ3) is 3.88. The number of hydrogen-bond donors (Lipinski definition) is 2. The minimum Gasteiger partial charge on any atom is -0.354 e. The molecule has 5 heteroatoms. The van der Waals surface area contributed by atoms with Crippen LogP contribution in [0.2, 0.25) is 0 Å². The molecule has 3 rings (SSSR count). The van der Waals surface area contributed by atoms with Crippen molar-refractivity contribution in [1.29, 1.82) is 0 Å². The fraction of sp³-hybridized carbons (Fsp3) is 0.200. The summed E-state index contributed by atoms with van der Waals surface area (Å²) in [6.07, 6.45) is 1.71. The number of hydrogen-bond acceptors (Lipinski definition) is 3. The number of nitrogens with zero attached hydrogens (tertiary/aromatic N) is 1. The zero-order chi connectivity index (χ0) is 17.6. The molecule has 0 unspecified atom stereocenters. The molecule has 0 saturated heterocycles. The smallest absolute Gasteiger partial charge is 0.324 e. The Hall–Kier alpha value is -3.08. The number of urea groups is 1. The fourth-order valence-corrected chi connectivity index (χ4v) is 2.74. The van der Waals surface area contributed by atoms with Gasteiger partial charge in [0, 0.05) is 17.3 Å². The number of amides is 2. The lowest BCUT2D eigenvalue weighted by Gasteiger charge is -2.14. The van der Waals surface area contributed by atoms with Crippen LogP contribution in [0.3, 0.4) is 0 Å². The number of rotatable bonds is 5. The zero-order valence-electron chi connectivity index (χ0n) is 14.4. The average molecular weight is 335 g/mol. The first-order valence-electron chi connectivity index (χ1n) is 8.42. The first kappa shape index (κ1) is 16.8. The number of aryl methyl sites for hydroxylation is 2. The predicted molar refractivity (Wildman–Crippen MR) is 99.8 cm³/mol. The van der Waals surface area contributed by atoms with Crippen LogP contribution in [0.15, 0.2) is 59.1 Å². The van der Waals surface area contributed by atoms with Crippen molar-refractivity contribution in [2.45, 2.75) is 26.7 Å².